The van der Waals surface area contributed by atoms with Crippen molar-refractivity contribution in [3.63, 3.8) is 0 Å². The van der Waals surface area contributed by atoms with Gasteiger partial charge < -0.3 is 44.2 Å². The molecule has 4 rings (SSSR count). The molecule has 1 unspecified atom stereocenters. The highest BCUT2D eigenvalue weighted by Gasteiger charge is 2.33. The van der Waals surface area contributed by atoms with E-state index in [1.165, 1.54) is 24.8 Å². The van der Waals surface area contributed by atoms with E-state index < -0.39 is 50.4 Å². The lowest BCUT2D eigenvalue weighted by molar-refractivity contribution is -0.253. The number of aromatic nitrogens is 2. The Kier molecular flexibility index (Phi) is 13.4. The number of nitrogens with one attached hydrogen (secondary N) is 1. The van der Waals surface area contributed by atoms with Crippen LogP contribution in [0.1, 0.15) is 43.6 Å². The molecule has 1 aromatic carbocycles. The summed E-state index contributed by atoms with van der Waals surface area (Å²) in [5, 5.41) is 11.9. The third kappa shape index (κ3) is 10.4. The molecule has 2 N–H and O–H groups in total. The van der Waals surface area contributed by atoms with Gasteiger partial charge in [-0.05, 0) is 6.42 Å². The maximum atomic E-state index is 13.8. The summed E-state index contributed by atoms with van der Waals surface area (Å²) in [5.74, 6) is -1.53. The Morgan fingerprint density at radius 2 is 1.63 bits per heavy atom. The third-order valence-electron chi connectivity index (χ3n) is 7.69. The number of carboxylic acid groups (broad SMARTS) is 1. The number of amides is 3. The number of methoxy groups -OCH3 is 1. The summed E-state index contributed by atoms with van der Waals surface area (Å²) >= 11 is 0. The van der Waals surface area contributed by atoms with E-state index in [2.05, 4.69) is 15.3 Å². The lowest BCUT2D eigenvalue weighted by Gasteiger charge is -2.34. The van der Waals surface area contributed by atoms with E-state index >= 15 is 0 Å². The van der Waals surface area contributed by atoms with Crippen molar-refractivity contribution < 1.29 is 52.7 Å². The number of hydrogen-bond acceptors (Lipinski definition) is 13. The molecule has 264 valence electrons. The molecule has 18 heteroatoms. The second-order valence-electron chi connectivity index (χ2n) is 11.0. The SMILES string of the molecule is CCC(=O)OC(OC(=O)CC)O[P+]([O-])=C[C@H](NC(=O)c1cc(N2CC[C@H](OC)C2)nc(-c2ccccc2)n1)C(=O)N1CCN(C(=O)O)CC1. The van der Waals surface area contributed by atoms with Gasteiger partial charge in [0, 0.05) is 70.8 Å². The predicted molar refractivity (Wildman–Crippen MR) is 173 cm³/mol. The number of carbonyl (C=O) groups is 5. The molecule has 49 heavy (non-hydrogen) atoms. The molecule has 1 aromatic heterocycles. The largest absolute Gasteiger partial charge is 0.603 e. The van der Waals surface area contributed by atoms with Gasteiger partial charge in [0.2, 0.25) is 8.00 Å². The highest BCUT2D eigenvalue weighted by molar-refractivity contribution is 7.45. The van der Waals surface area contributed by atoms with Gasteiger partial charge in [-0.1, -0.05) is 48.7 Å². The van der Waals surface area contributed by atoms with E-state index in [1.807, 2.05) is 11.0 Å². The van der Waals surface area contributed by atoms with Crippen LogP contribution in [0.5, 0.6) is 0 Å². The molecule has 3 amide bonds. The highest BCUT2D eigenvalue weighted by atomic mass is 31.1. The first-order valence-electron chi connectivity index (χ1n) is 15.7. The Bertz CT molecular complexity index is 1520. The van der Waals surface area contributed by atoms with Gasteiger partial charge in [0.15, 0.2) is 11.9 Å². The van der Waals surface area contributed by atoms with Crippen LogP contribution in [-0.2, 0) is 33.1 Å². The van der Waals surface area contributed by atoms with Crippen molar-refractivity contribution in [1.29, 1.82) is 0 Å². The van der Waals surface area contributed by atoms with Gasteiger partial charge in [0.05, 0.1) is 6.10 Å². The molecule has 0 aliphatic carbocycles. The normalized spacial score (nSPS) is 17.1. The van der Waals surface area contributed by atoms with E-state index in [0.717, 1.165) is 17.1 Å². The summed E-state index contributed by atoms with van der Waals surface area (Å²) in [7, 11) is -1.40. The first-order chi connectivity index (χ1) is 23.5. The van der Waals surface area contributed by atoms with Crippen LogP contribution in [0.4, 0.5) is 10.6 Å². The molecule has 0 spiro atoms. The number of benzene rings is 1. The first-order valence-corrected chi connectivity index (χ1v) is 16.9. The Morgan fingerprint density at radius 1 is 1.00 bits per heavy atom. The Labute approximate surface area is 283 Å². The van der Waals surface area contributed by atoms with Gasteiger partial charge >= 0.3 is 24.5 Å². The molecule has 0 radical (unpaired) electrons. The molecule has 2 aliphatic heterocycles. The van der Waals surface area contributed by atoms with E-state index in [0.29, 0.717) is 24.5 Å². The van der Waals surface area contributed by atoms with Gasteiger partial charge in [-0.3, -0.25) is 19.2 Å². The summed E-state index contributed by atoms with van der Waals surface area (Å²) in [6.45, 7) is 2.18. The van der Waals surface area contributed by atoms with E-state index in [4.69, 9.17) is 18.7 Å². The summed E-state index contributed by atoms with van der Waals surface area (Å²) < 4.78 is 20.6. The summed E-state index contributed by atoms with van der Waals surface area (Å²) in [6, 6.07) is 8.90. The fourth-order valence-electron chi connectivity index (χ4n) is 4.94. The van der Waals surface area contributed by atoms with Crippen LogP contribution >= 0.6 is 8.00 Å². The lowest BCUT2D eigenvalue weighted by Crippen LogP contribution is -2.56. The van der Waals surface area contributed by atoms with Crippen LogP contribution in [0.15, 0.2) is 36.4 Å². The summed E-state index contributed by atoms with van der Waals surface area (Å²) in [5.41, 5.74) is 0.552. The maximum Gasteiger partial charge on any atom is 0.407 e. The summed E-state index contributed by atoms with van der Waals surface area (Å²) in [4.78, 5) is 89.5. The number of esters is 2. The van der Waals surface area contributed by atoms with Crippen LogP contribution in [0.3, 0.4) is 0 Å². The van der Waals surface area contributed by atoms with E-state index in [-0.39, 0.29) is 56.6 Å². The van der Waals surface area contributed by atoms with Gasteiger partial charge in [-0.15, -0.1) is 0 Å². The minimum Gasteiger partial charge on any atom is -0.603 e. The monoisotopic (exact) mass is 702 g/mol. The molecule has 2 saturated heterocycles. The second-order valence-corrected chi connectivity index (χ2v) is 12.0. The van der Waals surface area contributed by atoms with Crippen molar-refractivity contribution >= 4 is 49.5 Å². The van der Waals surface area contributed by atoms with Gasteiger partial charge in [0.1, 0.15) is 17.3 Å². The minimum atomic E-state index is -3.02. The van der Waals surface area contributed by atoms with Gasteiger partial charge in [-0.2, -0.15) is 0 Å². The van der Waals surface area contributed by atoms with Gasteiger partial charge in [0.25, 0.3) is 11.8 Å². The summed E-state index contributed by atoms with van der Waals surface area (Å²) in [6.07, 6.45) is -0.618. The van der Waals surface area contributed by atoms with Crippen molar-refractivity contribution in [2.45, 2.75) is 51.7 Å². The Morgan fingerprint density at radius 3 is 2.20 bits per heavy atom. The number of hydrogen-bond donors (Lipinski definition) is 2. The van der Waals surface area contributed by atoms with E-state index in [9.17, 15) is 34.0 Å². The van der Waals surface area contributed by atoms with Crippen LogP contribution in [0.25, 0.3) is 11.4 Å². The first kappa shape index (κ1) is 37.1. The second kappa shape index (κ2) is 17.6. The fraction of sp³-hybridized carbons (Fsp3) is 0.484. The Balaban J connectivity index is 1.65. The van der Waals surface area contributed by atoms with Crippen LogP contribution in [0, 0.1) is 0 Å². The Hall–Kier alpha value is -4.70. The number of piperazine rings is 1. The van der Waals surface area contributed by atoms with Crippen LogP contribution in [0.2, 0.25) is 0 Å². The number of anilines is 1. The van der Waals surface area contributed by atoms with Crippen LogP contribution in [-0.4, -0.2) is 126 Å². The average Bonchev–Trinajstić information content (AvgIpc) is 3.60. The standard InChI is InChI=1S/C31H39N6O11P/c1-4-25(38)46-31(47-26(39)5-2)48-49(44)19-23(29(41)35-13-15-36(16-14-35)30(42)43)33-28(40)22-17-24(37-12-11-21(18-37)45-3)34-27(32-22)20-9-7-6-8-10-20/h6-10,17,19,21,23,31H,4-5,11-16,18H2,1-3H3,(H,33,40)(H,42,43)/t21-,23-/m0/s1. The van der Waals surface area contributed by atoms with Gasteiger partial charge in [-0.25, -0.2) is 14.8 Å². The average molecular weight is 703 g/mol. The fourth-order valence-corrected chi connectivity index (χ4v) is 5.71. The molecular formula is C31H39N6O11P. The van der Waals surface area contributed by atoms with Crippen molar-refractivity contribution in [2.75, 3.05) is 51.3 Å². The molecule has 2 fully saturated rings. The molecule has 0 saturated carbocycles. The molecule has 2 aromatic rings. The molecule has 3 atom stereocenters. The molecular weight excluding hydrogens is 663 g/mol. The zero-order valence-electron chi connectivity index (χ0n) is 27.4. The number of ether oxygens (including phenoxy) is 3. The zero-order chi connectivity index (χ0) is 35.5. The minimum absolute atomic E-state index is 0.000723. The number of carbonyl (C=O) groups excluding carboxylic acids is 4. The molecule has 3 heterocycles. The maximum absolute atomic E-state index is 13.8. The van der Waals surface area contributed by atoms with Crippen molar-refractivity contribution in [2.24, 2.45) is 0 Å². The smallest absolute Gasteiger partial charge is 0.407 e. The zero-order valence-corrected chi connectivity index (χ0v) is 28.2. The number of rotatable bonds is 13. The van der Waals surface area contributed by atoms with Crippen molar-refractivity contribution in [3.8, 4) is 11.4 Å². The number of nitrogens with zero attached hydrogens (tertiary/aromatic N) is 5. The molecule has 17 nitrogen and oxygen atoms in total. The predicted octanol–water partition coefficient (Wildman–Crippen LogP) is 0.970. The highest BCUT2D eigenvalue weighted by Crippen LogP contribution is 2.25. The topological polar surface area (TPSA) is 213 Å². The molecule has 2 aliphatic rings. The molecule has 0 bridgehead atoms. The van der Waals surface area contributed by atoms with Crippen molar-refractivity contribution in [3.05, 3.63) is 42.1 Å². The van der Waals surface area contributed by atoms with Crippen LogP contribution < -0.4 is 15.1 Å². The lowest BCUT2D eigenvalue weighted by atomic mass is 10.2. The van der Waals surface area contributed by atoms with Crippen molar-refractivity contribution in [1.82, 2.24) is 25.1 Å². The quantitative estimate of drug-likeness (QED) is 0.169. The third-order valence-corrected chi connectivity index (χ3v) is 8.61. The van der Waals surface area contributed by atoms with E-state index in [1.54, 1.807) is 31.4 Å².